The van der Waals surface area contributed by atoms with Crippen molar-refractivity contribution < 1.29 is 24.5 Å². The van der Waals surface area contributed by atoms with Crippen LogP contribution >= 0.6 is 0 Å². The number of carboxylic acids is 1. The van der Waals surface area contributed by atoms with Crippen molar-refractivity contribution in [1.82, 2.24) is 4.57 Å². The first kappa shape index (κ1) is 21.6. The molecular weight excluding hydrogens is 409 g/mol. The third-order valence-electron chi connectivity index (χ3n) is 5.85. The van der Waals surface area contributed by atoms with Gasteiger partial charge < -0.3 is 19.9 Å². The first-order valence-electron chi connectivity index (χ1n) is 10.3. The Labute approximate surface area is 185 Å². The van der Waals surface area contributed by atoms with E-state index in [2.05, 4.69) is 0 Å². The van der Waals surface area contributed by atoms with Gasteiger partial charge >= 0.3 is 5.97 Å². The van der Waals surface area contributed by atoms with Crippen LogP contribution in [-0.2, 0) is 5.41 Å². The molecule has 0 aliphatic rings. The van der Waals surface area contributed by atoms with Gasteiger partial charge in [0.1, 0.15) is 11.6 Å². The quantitative estimate of drug-likeness (QED) is 0.375. The second-order valence-electron chi connectivity index (χ2n) is 8.45. The Hall–Kier alpha value is -3.64. The number of hydrogen-bond acceptors (Lipinski definition) is 3. The maximum atomic E-state index is 13.7. The lowest BCUT2D eigenvalue weighted by Crippen LogP contribution is -2.23. The van der Waals surface area contributed by atoms with Crippen molar-refractivity contribution in [1.29, 1.82) is 0 Å². The molecular formula is C26H24FNO4. The number of phenols is 1. The number of fused-ring (bicyclic) bond motifs is 1. The zero-order valence-corrected chi connectivity index (χ0v) is 17.8. The zero-order chi connectivity index (χ0) is 23.0. The van der Waals surface area contributed by atoms with Gasteiger partial charge in [0, 0.05) is 34.4 Å². The number of aliphatic hydroxyl groups is 1. The Bertz CT molecular complexity index is 1290. The summed E-state index contributed by atoms with van der Waals surface area (Å²) >= 11 is 0. The fourth-order valence-electron chi connectivity index (χ4n) is 4.28. The first-order chi connectivity index (χ1) is 15.2. The van der Waals surface area contributed by atoms with Crippen LogP contribution in [0.5, 0.6) is 5.75 Å². The smallest absolute Gasteiger partial charge is 0.335 e. The van der Waals surface area contributed by atoms with E-state index in [4.69, 9.17) is 0 Å². The molecule has 6 heteroatoms. The standard InChI is InChI=1S/C26H24FNO4/c1-26(2,14-15-29)24-22(16-6-8-17(9-7-16)25(31)32)23-20(4-3-5-21(23)30)28(24)19-12-10-18(27)11-13-19/h3-13,29-30H,14-15H2,1-2H3,(H,31,32). The summed E-state index contributed by atoms with van der Waals surface area (Å²) in [4.78, 5) is 11.3. The summed E-state index contributed by atoms with van der Waals surface area (Å²) in [6, 6.07) is 17.9. The highest BCUT2D eigenvalue weighted by Gasteiger charge is 2.32. The Morgan fingerprint density at radius 2 is 1.66 bits per heavy atom. The van der Waals surface area contributed by atoms with Gasteiger partial charge in [0.25, 0.3) is 0 Å². The number of carbonyl (C=O) groups is 1. The molecule has 0 aliphatic heterocycles. The summed E-state index contributed by atoms with van der Waals surface area (Å²) in [5.41, 5.74) is 3.40. The summed E-state index contributed by atoms with van der Waals surface area (Å²) in [6.45, 7) is 3.97. The van der Waals surface area contributed by atoms with E-state index in [9.17, 15) is 24.5 Å². The highest BCUT2D eigenvalue weighted by molar-refractivity contribution is 6.04. The van der Waals surface area contributed by atoms with Gasteiger partial charge in [-0.15, -0.1) is 0 Å². The first-order valence-corrected chi connectivity index (χ1v) is 10.3. The number of hydrogen-bond donors (Lipinski definition) is 3. The molecule has 0 fully saturated rings. The van der Waals surface area contributed by atoms with Crippen molar-refractivity contribution in [2.45, 2.75) is 25.7 Å². The monoisotopic (exact) mass is 433 g/mol. The van der Waals surface area contributed by atoms with Crippen LogP contribution in [0.25, 0.3) is 27.7 Å². The highest BCUT2D eigenvalue weighted by atomic mass is 19.1. The van der Waals surface area contributed by atoms with E-state index in [-0.39, 0.29) is 23.7 Å². The molecule has 0 unspecified atom stereocenters. The Morgan fingerprint density at radius 3 is 2.25 bits per heavy atom. The number of benzene rings is 3. The minimum Gasteiger partial charge on any atom is -0.507 e. The van der Waals surface area contributed by atoms with Crippen LogP contribution in [0.3, 0.4) is 0 Å². The summed E-state index contributed by atoms with van der Waals surface area (Å²) in [5, 5.41) is 30.5. The number of aromatic carboxylic acids is 1. The van der Waals surface area contributed by atoms with Gasteiger partial charge in [0.05, 0.1) is 11.1 Å². The lowest BCUT2D eigenvalue weighted by Gasteiger charge is -2.28. The van der Waals surface area contributed by atoms with Crippen molar-refractivity contribution >= 4 is 16.9 Å². The van der Waals surface area contributed by atoms with Gasteiger partial charge in [-0.2, -0.15) is 0 Å². The number of aromatic hydroxyl groups is 1. The fourth-order valence-corrected chi connectivity index (χ4v) is 4.28. The van der Waals surface area contributed by atoms with E-state index in [1.54, 1.807) is 36.4 Å². The average molecular weight is 433 g/mol. The molecule has 4 rings (SSSR count). The number of rotatable bonds is 6. The van der Waals surface area contributed by atoms with Crippen LogP contribution in [0, 0.1) is 5.82 Å². The second kappa shape index (κ2) is 8.13. The van der Waals surface area contributed by atoms with Crippen molar-refractivity contribution in [3.8, 4) is 22.6 Å². The van der Waals surface area contributed by atoms with Crippen molar-refractivity contribution in [3.63, 3.8) is 0 Å². The number of halogens is 1. The molecule has 4 aromatic rings. The lowest BCUT2D eigenvalue weighted by molar-refractivity contribution is 0.0697. The molecule has 0 atom stereocenters. The Kier molecular flexibility index (Phi) is 5.48. The van der Waals surface area contributed by atoms with Crippen LogP contribution in [0.2, 0.25) is 0 Å². The molecule has 1 heterocycles. The van der Waals surface area contributed by atoms with Gasteiger partial charge in [-0.25, -0.2) is 9.18 Å². The van der Waals surface area contributed by atoms with Gasteiger partial charge in [-0.1, -0.05) is 32.0 Å². The fraction of sp³-hybridized carbons (Fsp3) is 0.192. The van der Waals surface area contributed by atoms with Crippen molar-refractivity contribution in [2.24, 2.45) is 0 Å². The molecule has 5 nitrogen and oxygen atoms in total. The molecule has 164 valence electrons. The van der Waals surface area contributed by atoms with Crippen LogP contribution in [0.4, 0.5) is 4.39 Å². The van der Waals surface area contributed by atoms with Gasteiger partial charge in [-0.3, -0.25) is 0 Å². The van der Waals surface area contributed by atoms with Crippen LogP contribution in [0.1, 0.15) is 36.3 Å². The zero-order valence-electron chi connectivity index (χ0n) is 17.8. The van der Waals surface area contributed by atoms with E-state index in [0.717, 1.165) is 28.0 Å². The molecule has 3 aromatic carbocycles. The summed E-state index contributed by atoms with van der Waals surface area (Å²) in [6.07, 6.45) is 0.450. The molecule has 0 bridgehead atoms. The maximum absolute atomic E-state index is 13.7. The molecule has 1 aromatic heterocycles. The number of aliphatic hydroxyl groups excluding tert-OH is 1. The van der Waals surface area contributed by atoms with Crippen molar-refractivity contribution in [2.75, 3.05) is 6.61 Å². The predicted molar refractivity (Wildman–Crippen MR) is 122 cm³/mol. The summed E-state index contributed by atoms with van der Waals surface area (Å²) in [5.74, 6) is -1.29. The Morgan fingerprint density at radius 1 is 1.00 bits per heavy atom. The van der Waals surface area contributed by atoms with Crippen LogP contribution in [-0.4, -0.2) is 32.5 Å². The minimum absolute atomic E-state index is 0.0404. The van der Waals surface area contributed by atoms with E-state index in [1.165, 1.54) is 24.3 Å². The van der Waals surface area contributed by atoms with Gasteiger partial charge in [0.15, 0.2) is 0 Å². The molecule has 0 radical (unpaired) electrons. The predicted octanol–water partition coefficient (Wildman–Crippen LogP) is 5.50. The third kappa shape index (κ3) is 3.63. The third-order valence-corrected chi connectivity index (χ3v) is 5.85. The van der Waals surface area contributed by atoms with E-state index >= 15 is 0 Å². The number of nitrogens with zero attached hydrogens (tertiary/aromatic N) is 1. The molecule has 0 aliphatic carbocycles. The van der Waals surface area contributed by atoms with Crippen molar-refractivity contribution in [3.05, 3.63) is 83.8 Å². The maximum Gasteiger partial charge on any atom is 0.335 e. The van der Waals surface area contributed by atoms with Crippen LogP contribution < -0.4 is 0 Å². The highest BCUT2D eigenvalue weighted by Crippen LogP contribution is 2.46. The lowest BCUT2D eigenvalue weighted by atomic mass is 9.81. The largest absolute Gasteiger partial charge is 0.507 e. The van der Waals surface area contributed by atoms with E-state index in [1.807, 2.05) is 24.5 Å². The van der Waals surface area contributed by atoms with E-state index < -0.39 is 11.4 Å². The Balaban J connectivity index is 2.14. The molecule has 0 saturated heterocycles. The number of phenolic OH excluding ortho intramolecular Hbond substituents is 1. The normalized spacial score (nSPS) is 11.8. The molecule has 0 saturated carbocycles. The molecule has 3 N–H and O–H groups in total. The van der Waals surface area contributed by atoms with E-state index in [0.29, 0.717) is 11.8 Å². The average Bonchev–Trinajstić information content (AvgIpc) is 3.12. The topological polar surface area (TPSA) is 82.7 Å². The van der Waals surface area contributed by atoms with Gasteiger partial charge in [0.2, 0.25) is 0 Å². The molecule has 32 heavy (non-hydrogen) atoms. The summed E-state index contributed by atoms with van der Waals surface area (Å²) in [7, 11) is 0. The SMILES string of the molecule is CC(C)(CCO)c1c(-c2ccc(C(=O)O)cc2)c2c(O)cccc2n1-c1ccc(F)cc1. The summed E-state index contributed by atoms with van der Waals surface area (Å²) < 4.78 is 15.7. The van der Waals surface area contributed by atoms with Crippen LogP contribution in [0.15, 0.2) is 66.7 Å². The number of aromatic nitrogens is 1. The molecule has 0 amide bonds. The minimum atomic E-state index is -1.02. The second-order valence-corrected chi connectivity index (χ2v) is 8.45. The van der Waals surface area contributed by atoms with Gasteiger partial charge in [-0.05, 0) is 60.5 Å². The molecule has 0 spiro atoms. The number of carboxylic acid groups (broad SMARTS) is 1.